The zero-order valence-electron chi connectivity index (χ0n) is 26.1. The van der Waals surface area contributed by atoms with Crippen molar-refractivity contribution in [2.45, 2.75) is 90.1 Å². The molecule has 0 aromatic carbocycles. The van der Waals surface area contributed by atoms with Gasteiger partial charge in [0.05, 0.1) is 35.8 Å². The molecule has 14 heteroatoms. The molecule has 0 spiro atoms. The quantitative estimate of drug-likeness (QED) is 0.263. The van der Waals surface area contributed by atoms with E-state index in [4.69, 9.17) is 20.3 Å². The number of fused-ring (bicyclic) bond motifs is 2. The molecule has 242 valence electrons. The largest absolute Gasteiger partial charge is 0.467 e. The van der Waals surface area contributed by atoms with E-state index >= 15 is 4.39 Å². The van der Waals surface area contributed by atoms with Crippen LogP contribution >= 0.6 is 0 Å². The maximum atomic E-state index is 16.8. The molecule has 10 nitrogen and oxygen atoms in total. The van der Waals surface area contributed by atoms with Crippen molar-refractivity contribution >= 4 is 28.8 Å². The van der Waals surface area contributed by atoms with Gasteiger partial charge in [0.2, 0.25) is 0 Å². The summed E-state index contributed by atoms with van der Waals surface area (Å²) in [6.07, 6.45) is -4.01. The van der Waals surface area contributed by atoms with Crippen molar-refractivity contribution in [2.24, 2.45) is 11.8 Å². The number of alkyl halides is 3. The van der Waals surface area contributed by atoms with Gasteiger partial charge in [0.1, 0.15) is 28.7 Å². The molecule has 3 aromatic heterocycles. The van der Waals surface area contributed by atoms with Crippen molar-refractivity contribution in [1.82, 2.24) is 24.6 Å². The average Bonchev–Trinajstić information content (AvgIpc) is 3.81. The van der Waals surface area contributed by atoms with Gasteiger partial charge in [-0.3, -0.25) is 9.58 Å². The summed E-state index contributed by atoms with van der Waals surface area (Å²) in [6.45, 7) is 10.2. The van der Waals surface area contributed by atoms with Crippen molar-refractivity contribution in [3.05, 3.63) is 34.5 Å². The van der Waals surface area contributed by atoms with Crippen molar-refractivity contribution in [3.63, 3.8) is 0 Å². The molecule has 1 saturated heterocycles. The van der Waals surface area contributed by atoms with Crippen LogP contribution in [0.1, 0.15) is 88.0 Å². The van der Waals surface area contributed by atoms with Crippen LogP contribution in [0.3, 0.4) is 0 Å². The summed E-state index contributed by atoms with van der Waals surface area (Å²) in [4.78, 5) is 35.8. The smallest absolute Gasteiger partial charge is 0.418 e. The van der Waals surface area contributed by atoms with Gasteiger partial charge >= 0.3 is 18.2 Å². The van der Waals surface area contributed by atoms with Gasteiger partial charge in [-0.25, -0.2) is 23.9 Å². The van der Waals surface area contributed by atoms with E-state index < -0.39 is 52.5 Å². The molecular weight excluding hydrogens is 596 g/mol. The second kappa shape index (κ2) is 10.3. The van der Waals surface area contributed by atoms with Gasteiger partial charge in [-0.1, -0.05) is 13.8 Å². The normalized spacial score (nSPS) is 23.1. The molecule has 2 N–H and O–H groups in total. The first-order chi connectivity index (χ1) is 20.9. The van der Waals surface area contributed by atoms with Gasteiger partial charge < -0.3 is 15.2 Å². The Kier molecular flexibility index (Phi) is 7.09. The second-order valence-corrected chi connectivity index (χ2v) is 13.5. The predicted octanol–water partition coefficient (Wildman–Crippen LogP) is 6.12. The first kappa shape index (κ1) is 31.0. The van der Waals surface area contributed by atoms with Gasteiger partial charge in [-0.05, 0) is 58.4 Å². The minimum Gasteiger partial charge on any atom is -0.467 e. The number of hydrogen-bond donors (Lipinski definition) is 1. The van der Waals surface area contributed by atoms with E-state index in [1.54, 1.807) is 25.5 Å². The van der Waals surface area contributed by atoms with Gasteiger partial charge in [-0.2, -0.15) is 18.3 Å². The zero-order valence-corrected chi connectivity index (χ0v) is 26.1. The van der Waals surface area contributed by atoms with E-state index in [1.165, 1.54) is 18.9 Å². The summed E-state index contributed by atoms with van der Waals surface area (Å²) in [5.41, 5.74) is 3.62. The fraction of sp³-hybridized carbons (Fsp3) is 0.581. The molecule has 2 saturated carbocycles. The third-order valence-electron chi connectivity index (χ3n) is 8.76. The molecule has 1 aliphatic heterocycles. The molecule has 4 heterocycles. The zero-order chi connectivity index (χ0) is 32.9. The lowest BCUT2D eigenvalue weighted by atomic mass is 9.96. The van der Waals surface area contributed by atoms with Gasteiger partial charge in [0, 0.05) is 29.3 Å². The third kappa shape index (κ3) is 5.15. The van der Waals surface area contributed by atoms with Crippen molar-refractivity contribution in [1.29, 1.82) is 0 Å². The van der Waals surface area contributed by atoms with E-state index in [0.717, 1.165) is 18.9 Å². The lowest BCUT2D eigenvalue weighted by molar-refractivity contribution is -0.146. The Balaban J connectivity index is 1.52. The Morgan fingerprint density at radius 2 is 1.80 bits per heavy atom. The number of carbonyl (C=O) groups is 2. The number of halogens is 4. The number of piperidine rings is 1. The SMILES string of the molecule is COC(=O)[C@@H]1[C@@H]2[C@H](CN1C(=O)OC(C)(C)C)[C@H]2c1nn(C2CC2)c2c(F)c(-c3cc(N)nc(C)c3C(F)(F)F)nc(C(C)C)c12. The molecule has 3 aliphatic rings. The molecular formula is C31H36F4N6O4. The number of ether oxygens (including phenoxy) is 2. The standard InChI is InChI=1S/C31H36F4N6O4/c1-12(2)23-20-25(18-16-11-40(29(43)45-30(4,5)6)27(19(16)18)28(42)44-7)39-41(14-8-9-14)26(20)22(32)24(38-23)15-10-17(36)37-13(3)21(15)31(33,34)35/h10,12,14,16,18-19,27H,8-9,11H2,1-7H3,(H2,36,37)/t16-,18-,19-,27+/m1/s1. The van der Waals surface area contributed by atoms with Crippen LogP contribution in [0.25, 0.3) is 22.2 Å². The topological polar surface area (TPSA) is 125 Å². The molecule has 1 amide bonds. The van der Waals surface area contributed by atoms with Crippen LogP contribution in [0.4, 0.5) is 28.2 Å². The highest BCUT2D eigenvalue weighted by Gasteiger charge is 2.67. The van der Waals surface area contributed by atoms with Crippen LogP contribution in [0.15, 0.2) is 6.07 Å². The number of aryl methyl sites for hydroxylation is 1. The van der Waals surface area contributed by atoms with Crippen LogP contribution in [0, 0.1) is 24.6 Å². The highest BCUT2D eigenvalue weighted by molar-refractivity contribution is 5.91. The maximum Gasteiger partial charge on any atom is 0.418 e. The number of anilines is 1. The predicted molar refractivity (Wildman–Crippen MR) is 156 cm³/mol. The highest BCUT2D eigenvalue weighted by atomic mass is 19.4. The third-order valence-corrected chi connectivity index (χ3v) is 8.76. The van der Waals surface area contributed by atoms with Crippen molar-refractivity contribution < 1.29 is 36.6 Å². The molecule has 3 aromatic rings. The molecule has 45 heavy (non-hydrogen) atoms. The molecule has 0 radical (unpaired) electrons. The number of carbonyl (C=O) groups excluding carboxylic acids is 2. The van der Waals surface area contributed by atoms with Gasteiger partial charge in [0.25, 0.3) is 0 Å². The van der Waals surface area contributed by atoms with E-state index in [9.17, 15) is 22.8 Å². The minimum atomic E-state index is -4.84. The van der Waals surface area contributed by atoms with E-state index in [0.29, 0.717) is 16.8 Å². The summed E-state index contributed by atoms with van der Waals surface area (Å²) in [5, 5.41) is 5.31. The minimum absolute atomic E-state index is 0.0750. The summed E-state index contributed by atoms with van der Waals surface area (Å²) < 4.78 is 71.8. The summed E-state index contributed by atoms with van der Waals surface area (Å²) >= 11 is 0. The number of nitrogens with zero attached hydrogens (tertiary/aromatic N) is 5. The number of hydrogen-bond acceptors (Lipinski definition) is 8. The Hall–Kier alpha value is -3.97. The number of aromatic nitrogens is 4. The van der Waals surface area contributed by atoms with E-state index in [-0.39, 0.29) is 53.3 Å². The second-order valence-electron chi connectivity index (χ2n) is 13.5. The summed E-state index contributed by atoms with van der Waals surface area (Å²) in [6, 6.07) is -0.0591. The number of methoxy groups -OCH3 is 1. The molecule has 0 bridgehead atoms. The molecule has 2 aliphatic carbocycles. The van der Waals surface area contributed by atoms with E-state index in [2.05, 4.69) is 9.97 Å². The number of nitrogens with two attached hydrogens (primary N) is 1. The van der Waals surface area contributed by atoms with Crippen LogP contribution in [-0.4, -0.2) is 62.0 Å². The summed E-state index contributed by atoms with van der Waals surface area (Å²) in [5.74, 6) is -2.92. The van der Waals surface area contributed by atoms with Crippen LogP contribution in [-0.2, 0) is 20.4 Å². The monoisotopic (exact) mass is 632 g/mol. The fourth-order valence-electron chi connectivity index (χ4n) is 6.82. The Morgan fingerprint density at radius 3 is 2.36 bits per heavy atom. The molecule has 6 rings (SSSR count). The molecule has 0 unspecified atom stereocenters. The summed E-state index contributed by atoms with van der Waals surface area (Å²) in [7, 11) is 1.25. The Labute approximate surface area is 257 Å². The lowest BCUT2D eigenvalue weighted by Gasteiger charge is -2.30. The van der Waals surface area contributed by atoms with Crippen LogP contribution < -0.4 is 5.73 Å². The number of nitrogen functional groups attached to an aromatic ring is 1. The number of esters is 1. The lowest BCUT2D eigenvalue weighted by Crippen LogP contribution is -2.46. The van der Waals surface area contributed by atoms with Crippen molar-refractivity contribution in [3.8, 4) is 11.3 Å². The first-order valence-corrected chi connectivity index (χ1v) is 15.0. The highest BCUT2D eigenvalue weighted by Crippen LogP contribution is 2.63. The van der Waals surface area contributed by atoms with E-state index in [1.807, 2.05) is 13.8 Å². The number of amides is 1. The number of likely N-dealkylation sites (tertiary alicyclic amines) is 1. The Bertz CT molecular complexity index is 1730. The van der Waals surface area contributed by atoms with Crippen molar-refractivity contribution in [2.75, 3.05) is 19.4 Å². The van der Waals surface area contributed by atoms with Crippen LogP contribution in [0.5, 0.6) is 0 Å². The number of pyridine rings is 2. The fourth-order valence-corrected chi connectivity index (χ4v) is 6.82. The molecule has 4 atom stereocenters. The van der Waals surface area contributed by atoms with Gasteiger partial charge in [-0.15, -0.1) is 0 Å². The van der Waals surface area contributed by atoms with Crippen LogP contribution in [0.2, 0.25) is 0 Å². The Morgan fingerprint density at radius 1 is 1.13 bits per heavy atom. The number of rotatable bonds is 5. The molecule has 3 fully saturated rings. The first-order valence-electron chi connectivity index (χ1n) is 15.0. The van der Waals surface area contributed by atoms with Gasteiger partial charge in [0.15, 0.2) is 5.82 Å². The average molecular weight is 633 g/mol. The maximum absolute atomic E-state index is 16.8.